The lowest BCUT2D eigenvalue weighted by molar-refractivity contribution is -0.136. The summed E-state index contributed by atoms with van der Waals surface area (Å²) in [6, 6.07) is 7.89. The summed E-state index contributed by atoms with van der Waals surface area (Å²) in [5.41, 5.74) is 2.15. The topological polar surface area (TPSA) is 78.4 Å². The molecule has 2 atom stereocenters. The molecular weight excluding hydrogens is 244 g/mol. The highest BCUT2D eigenvalue weighted by Crippen LogP contribution is 2.28. The van der Waals surface area contributed by atoms with Crippen molar-refractivity contribution in [3.8, 4) is 0 Å². The minimum Gasteiger partial charge on any atom is -0.481 e. The van der Waals surface area contributed by atoms with Gasteiger partial charge in [0.15, 0.2) is 0 Å². The molecule has 2 unspecified atom stereocenters. The quantitative estimate of drug-likeness (QED) is 0.752. The molecule has 5 nitrogen and oxygen atoms in total. The molecule has 3 N–H and O–H groups in total. The van der Waals surface area contributed by atoms with E-state index in [-0.39, 0.29) is 30.8 Å². The van der Waals surface area contributed by atoms with Crippen LogP contribution >= 0.6 is 0 Å². The van der Waals surface area contributed by atoms with Gasteiger partial charge in [-0.25, -0.2) is 0 Å². The molecule has 2 rings (SSSR count). The number of hydrogen-bond donors (Lipinski definition) is 3. The predicted molar refractivity (Wildman–Crippen MR) is 70.7 cm³/mol. The van der Waals surface area contributed by atoms with Crippen molar-refractivity contribution in [1.82, 2.24) is 10.6 Å². The van der Waals surface area contributed by atoms with Crippen LogP contribution in [0.1, 0.15) is 30.4 Å². The molecule has 1 aliphatic rings. The molecule has 0 saturated heterocycles. The number of fused-ring (bicyclic) bond motifs is 1. The van der Waals surface area contributed by atoms with Gasteiger partial charge in [0.1, 0.15) is 0 Å². The van der Waals surface area contributed by atoms with Crippen molar-refractivity contribution in [2.24, 2.45) is 0 Å². The van der Waals surface area contributed by atoms with E-state index in [0.29, 0.717) is 0 Å². The Morgan fingerprint density at radius 2 is 2.16 bits per heavy atom. The number of carbonyl (C=O) groups excluding carboxylic acids is 1. The van der Waals surface area contributed by atoms with Crippen LogP contribution in [-0.4, -0.2) is 29.6 Å². The zero-order chi connectivity index (χ0) is 13.8. The fraction of sp³-hybridized carbons (Fsp3) is 0.429. The van der Waals surface area contributed by atoms with Gasteiger partial charge in [0, 0.05) is 19.1 Å². The first-order chi connectivity index (χ1) is 9.09. The number of benzene rings is 1. The van der Waals surface area contributed by atoms with Crippen molar-refractivity contribution >= 4 is 11.9 Å². The van der Waals surface area contributed by atoms with Gasteiger partial charge >= 0.3 is 5.97 Å². The zero-order valence-corrected chi connectivity index (χ0v) is 10.8. The van der Waals surface area contributed by atoms with E-state index in [4.69, 9.17) is 5.11 Å². The molecule has 0 spiro atoms. The molecule has 1 heterocycles. The van der Waals surface area contributed by atoms with E-state index < -0.39 is 5.97 Å². The third-order valence-corrected chi connectivity index (χ3v) is 3.43. The molecular formula is C14H18N2O3. The van der Waals surface area contributed by atoms with Crippen LogP contribution in [0.25, 0.3) is 0 Å². The number of rotatable bonds is 4. The number of carboxylic acids is 1. The summed E-state index contributed by atoms with van der Waals surface area (Å²) < 4.78 is 0. The second kappa shape index (κ2) is 5.84. The van der Waals surface area contributed by atoms with Gasteiger partial charge < -0.3 is 15.7 Å². The van der Waals surface area contributed by atoms with E-state index in [0.717, 1.165) is 17.7 Å². The molecule has 0 aromatic heterocycles. The van der Waals surface area contributed by atoms with Gasteiger partial charge in [0.2, 0.25) is 5.91 Å². The van der Waals surface area contributed by atoms with Crippen LogP contribution in [0.2, 0.25) is 0 Å². The second-order valence-electron chi connectivity index (χ2n) is 4.78. The van der Waals surface area contributed by atoms with Crippen molar-refractivity contribution in [3.05, 3.63) is 35.4 Å². The molecule has 0 radical (unpaired) electrons. The average Bonchev–Trinajstić information content (AvgIpc) is 2.38. The number of hydrogen-bond acceptors (Lipinski definition) is 3. The minimum absolute atomic E-state index is 0.0414. The highest BCUT2D eigenvalue weighted by molar-refractivity contribution is 5.85. The molecule has 0 fully saturated rings. The lowest BCUT2D eigenvalue weighted by Gasteiger charge is -2.31. The van der Waals surface area contributed by atoms with Crippen LogP contribution < -0.4 is 10.6 Å². The van der Waals surface area contributed by atoms with Crippen molar-refractivity contribution in [3.63, 3.8) is 0 Å². The van der Waals surface area contributed by atoms with Crippen LogP contribution in [0.4, 0.5) is 0 Å². The Bertz CT molecular complexity index is 487. The first-order valence-corrected chi connectivity index (χ1v) is 6.40. The Labute approximate surface area is 112 Å². The molecule has 0 saturated carbocycles. The Morgan fingerprint density at radius 1 is 1.42 bits per heavy atom. The molecule has 1 amide bonds. The van der Waals surface area contributed by atoms with E-state index in [2.05, 4.69) is 10.6 Å². The molecule has 1 aliphatic heterocycles. The van der Waals surface area contributed by atoms with E-state index in [1.54, 1.807) is 0 Å². The van der Waals surface area contributed by atoms with Gasteiger partial charge in [-0.2, -0.15) is 0 Å². The summed E-state index contributed by atoms with van der Waals surface area (Å²) >= 11 is 0. The van der Waals surface area contributed by atoms with Gasteiger partial charge in [-0.15, -0.1) is 0 Å². The van der Waals surface area contributed by atoms with E-state index >= 15 is 0 Å². The standard InChI is InChI=1S/C14H18N2O3/c1-9-13(14(19)15-7-6-12(17)18)11-5-3-2-4-10(11)8-16-9/h2-5,9,13,16H,6-8H2,1H3,(H,15,19)(H,17,18). The number of amides is 1. The highest BCUT2D eigenvalue weighted by atomic mass is 16.4. The second-order valence-corrected chi connectivity index (χ2v) is 4.78. The summed E-state index contributed by atoms with van der Waals surface area (Å²) in [5.74, 6) is -1.29. The van der Waals surface area contributed by atoms with Gasteiger partial charge in [-0.1, -0.05) is 24.3 Å². The van der Waals surface area contributed by atoms with Gasteiger partial charge in [-0.3, -0.25) is 9.59 Å². The molecule has 5 heteroatoms. The fourth-order valence-corrected chi connectivity index (χ4v) is 2.43. The smallest absolute Gasteiger partial charge is 0.305 e. The zero-order valence-electron chi connectivity index (χ0n) is 10.8. The Kier molecular flexibility index (Phi) is 4.16. The van der Waals surface area contributed by atoms with Gasteiger partial charge in [0.05, 0.1) is 12.3 Å². The van der Waals surface area contributed by atoms with Gasteiger partial charge in [-0.05, 0) is 18.1 Å². The van der Waals surface area contributed by atoms with E-state index in [1.807, 2.05) is 31.2 Å². The first kappa shape index (κ1) is 13.5. The number of carboxylic acid groups (broad SMARTS) is 1. The Morgan fingerprint density at radius 3 is 2.89 bits per heavy atom. The molecule has 19 heavy (non-hydrogen) atoms. The van der Waals surface area contributed by atoms with E-state index in [9.17, 15) is 9.59 Å². The Hall–Kier alpha value is -1.88. The number of nitrogens with one attached hydrogen (secondary N) is 2. The predicted octanol–water partition coefficient (Wildman–Crippen LogP) is 0.853. The monoisotopic (exact) mass is 262 g/mol. The van der Waals surface area contributed by atoms with Crippen LogP contribution in [0.5, 0.6) is 0 Å². The maximum atomic E-state index is 12.2. The molecule has 1 aromatic rings. The van der Waals surface area contributed by atoms with Crippen LogP contribution in [0.15, 0.2) is 24.3 Å². The third kappa shape index (κ3) is 3.12. The van der Waals surface area contributed by atoms with Crippen LogP contribution in [0.3, 0.4) is 0 Å². The maximum absolute atomic E-state index is 12.2. The fourth-order valence-electron chi connectivity index (χ4n) is 2.43. The first-order valence-electron chi connectivity index (χ1n) is 6.40. The molecule has 0 bridgehead atoms. The summed E-state index contributed by atoms with van der Waals surface area (Å²) in [7, 11) is 0. The Balaban J connectivity index is 2.10. The van der Waals surface area contributed by atoms with Crippen LogP contribution in [-0.2, 0) is 16.1 Å². The third-order valence-electron chi connectivity index (χ3n) is 3.43. The number of aliphatic carboxylic acids is 1. The van der Waals surface area contributed by atoms with Crippen molar-refractivity contribution in [1.29, 1.82) is 0 Å². The number of carbonyl (C=O) groups is 2. The summed E-state index contributed by atoms with van der Waals surface area (Å²) in [6.45, 7) is 2.90. The average molecular weight is 262 g/mol. The van der Waals surface area contributed by atoms with Gasteiger partial charge in [0.25, 0.3) is 0 Å². The lowest BCUT2D eigenvalue weighted by atomic mass is 9.85. The SMILES string of the molecule is CC1NCc2ccccc2C1C(=O)NCCC(=O)O. The lowest BCUT2D eigenvalue weighted by Crippen LogP contribution is -2.45. The van der Waals surface area contributed by atoms with E-state index in [1.165, 1.54) is 0 Å². The van der Waals surface area contributed by atoms with Crippen molar-refractivity contribution in [2.75, 3.05) is 6.54 Å². The molecule has 102 valence electrons. The summed E-state index contributed by atoms with van der Waals surface area (Å²) in [6.07, 6.45) is -0.0537. The highest BCUT2D eigenvalue weighted by Gasteiger charge is 2.31. The van der Waals surface area contributed by atoms with Crippen molar-refractivity contribution in [2.45, 2.75) is 31.8 Å². The normalized spacial score (nSPS) is 21.5. The summed E-state index contributed by atoms with van der Waals surface area (Å²) in [5, 5.41) is 14.6. The molecule has 1 aromatic carbocycles. The molecule has 0 aliphatic carbocycles. The largest absolute Gasteiger partial charge is 0.481 e. The van der Waals surface area contributed by atoms with Crippen molar-refractivity contribution < 1.29 is 14.7 Å². The minimum atomic E-state index is -0.907. The maximum Gasteiger partial charge on any atom is 0.305 e. The van der Waals surface area contributed by atoms with Crippen LogP contribution in [0, 0.1) is 0 Å². The summed E-state index contributed by atoms with van der Waals surface area (Å²) in [4.78, 5) is 22.7.